The molecule has 6 nitrogen and oxygen atoms in total. The molecule has 0 bridgehead atoms. The number of pyridine rings is 1. The summed E-state index contributed by atoms with van der Waals surface area (Å²) < 4.78 is 1.51. The van der Waals surface area contributed by atoms with Crippen LogP contribution in [0.15, 0.2) is 44.2 Å². The number of hydrogen-bond donors (Lipinski definition) is 2. The van der Waals surface area contributed by atoms with Gasteiger partial charge in [-0.2, -0.15) is 0 Å². The minimum Gasteiger partial charge on any atom is -0.397 e. The molecule has 3 rings (SSSR count). The molecular formula is C16H16Br2N4O2. The van der Waals surface area contributed by atoms with Crippen molar-refractivity contribution < 1.29 is 4.79 Å². The van der Waals surface area contributed by atoms with Crippen molar-refractivity contribution in [2.45, 2.75) is 0 Å². The van der Waals surface area contributed by atoms with Gasteiger partial charge in [-0.1, -0.05) is 15.9 Å². The number of anilines is 2. The van der Waals surface area contributed by atoms with Crippen LogP contribution in [0.2, 0.25) is 0 Å². The van der Waals surface area contributed by atoms with Crippen LogP contribution in [0, 0.1) is 0 Å². The number of piperazine rings is 1. The number of nitrogens with zero attached hydrogens (tertiary/aromatic N) is 2. The van der Waals surface area contributed by atoms with Gasteiger partial charge in [0.15, 0.2) is 0 Å². The third-order valence-corrected chi connectivity index (χ3v) is 5.14. The smallest absolute Gasteiger partial charge is 0.256 e. The van der Waals surface area contributed by atoms with Crippen LogP contribution >= 0.6 is 31.9 Å². The number of nitrogens with two attached hydrogens (primary N) is 1. The normalized spacial score (nSPS) is 14.8. The van der Waals surface area contributed by atoms with E-state index in [9.17, 15) is 9.59 Å². The molecule has 2 aromatic rings. The van der Waals surface area contributed by atoms with Crippen LogP contribution in [0.3, 0.4) is 0 Å². The van der Waals surface area contributed by atoms with Crippen molar-refractivity contribution in [1.29, 1.82) is 0 Å². The first-order valence-electron chi connectivity index (χ1n) is 7.43. The van der Waals surface area contributed by atoms with Gasteiger partial charge in [-0.3, -0.25) is 9.59 Å². The topological polar surface area (TPSA) is 82.4 Å². The number of carbonyl (C=O) groups is 1. The Morgan fingerprint density at radius 1 is 1.12 bits per heavy atom. The lowest BCUT2D eigenvalue weighted by molar-refractivity contribution is 0.0747. The Balaban J connectivity index is 1.71. The number of aromatic nitrogens is 1. The van der Waals surface area contributed by atoms with Crippen molar-refractivity contribution in [1.82, 2.24) is 9.88 Å². The van der Waals surface area contributed by atoms with E-state index in [1.165, 1.54) is 6.07 Å². The van der Waals surface area contributed by atoms with Gasteiger partial charge in [0.2, 0.25) is 5.56 Å². The average Bonchev–Trinajstić information content (AvgIpc) is 2.58. The molecule has 1 saturated heterocycles. The second-order valence-electron chi connectivity index (χ2n) is 5.54. The number of benzene rings is 1. The lowest BCUT2D eigenvalue weighted by Crippen LogP contribution is -2.49. The monoisotopic (exact) mass is 454 g/mol. The highest BCUT2D eigenvalue weighted by atomic mass is 79.9. The highest BCUT2D eigenvalue weighted by Crippen LogP contribution is 2.29. The van der Waals surface area contributed by atoms with Crippen molar-refractivity contribution in [3.8, 4) is 0 Å². The number of aromatic amines is 1. The molecule has 0 spiro atoms. The standard InChI is InChI=1S/C16H16Br2N4O2/c17-10-7-12(15(19)13(18)8-10)16(24)22-5-3-21(4-6-22)11-1-2-14(23)20-9-11/h1-2,7-9H,3-6,19H2,(H,20,23). The lowest BCUT2D eigenvalue weighted by atomic mass is 10.1. The molecule has 24 heavy (non-hydrogen) atoms. The Morgan fingerprint density at radius 3 is 2.46 bits per heavy atom. The van der Waals surface area contributed by atoms with Crippen LogP contribution in [-0.4, -0.2) is 42.0 Å². The maximum absolute atomic E-state index is 12.8. The quantitative estimate of drug-likeness (QED) is 0.681. The summed E-state index contributed by atoms with van der Waals surface area (Å²) in [6.45, 7) is 2.60. The Kier molecular flexibility index (Phi) is 4.96. The zero-order valence-electron chi connectivity index (χ0n) is 12.8. The molecule has 1 aliphatic rings. The first-order chi connectivity index (χ1) is 11.5. The summed E-state index contributed by atoms with van der Waals surface area (Å²) in [5, 5.41) is 0. The fourth-order valence-electron chi connectivity index (χ4n) is 2.70. The number of H-pyrrole nitrogens is 1. The SMILES string of the molecule is Nc1c(Br)cc(Br)cc1C(=O)N1CCN(c2ccc(=O)[nH]c2)CC1. The lowest BCUT2D eigenvalue weighted by Gasteiger charge is -2.36. The number of nitrogens with one attached hydrogen (secondary N) is 1. The maximum Gasteiger partial charge on any atom is 0.256 e. The van der Waals surface area contributed by atoms with Crippen molar-refractivity contribution in [3.63, 3.8) is 0 Å². The van der Waals surface area contributed by atoms with Crippen LogP contribution in [0.5, 0.6) is 0 Å². The Labute approximate surface area is 155 Å². The molecule has 1 aliphatic heterocycles. The van der Waals surface area contributed by atoms with E-state index in [4.69, 9.17) is 5.73 Å². The van der Waals surface area contributed by atoms with Gasteiger partial charge in [0.1, 0.15) is 0 Å². The Bertz CT molecular complexity index is 809. The molecule has 0 saturated carbocycles. The fraction of sp³-hybridized carbons (Fsp3) is 0.250. The van der Waals surface area contributed by atoms with Gasteiger partial charge in [-0.05, 0) is 34.1 Å². The molecule has 1 aromatic heterocycles. The summed E-state index contributed by atoms with van der Waals surface area (Å²) >= 11 is 6.76. The van der Waals surface area contributed by atoms with E-state index in [-0.39, 0.29) is 11.5 Å². The van der Waals surface area contributed by atoms with Crippen molar-refractivity contribution >= 4 is 49.1 Å². The number of nitrogen functional groups attached to an aromatic ring is 1. The first kappa shape index (κ1) is 17.0. The Hall–Kier alpha value is -1.80. The van der Waals surface area contributed by atoms with Gasteiger partial charge < -0.3 is 20.5 Å². The minimum atomic E-state index is -0.122. The van der Waals surface area contributed by atoms with Gasteiger partial charge >= 0.3 is 0 Å². The summed E-state index contributed by atoms with van der Waals surface area (Å²) in [4.78, 5) is 30.5. The molecule has 0 atom stereocenters. The van der Waals surface area contributed by atoms with E-state index >= 15 is 0 Å². The zero-order valence-corrected chi connectivity index (χ0v) is 15.9. The van der Waals surface area contributed by atoms with Crippen LogP contribution in [-0.2, 0) is 0 Å². The number of halogens is 2. The molecule has 1 aromatic carbocycles. The molecule has 0 unspecified atom stereocenters. The van der Waals surface area contributed by atoms with Gasteiger partial charge in [-0.15, -0.1) is 0 Å². The Morgan fingerprint density at radius 2 is 1.83 bits per heavy atom. The van der Waals surface area contributed by atoms with E-state index in [1.807, 2.05) is 6.07 Å². The minimum absolute atomic E-state index is 0.0735. The van der Waals surface area contributed by atoms with E-state index in [1.54, 1.807) is 23.2 Å². The molecule has 0 aliphatic carbocycles. The van der Waals surface area contributed by atoms with E-state index in [0.29, 0.717) is 41.9 Å². The van der Waals surface area contributed by atoms with Gasteiger partial charge in [0, 0.05) is 47.4 Å². The molecule has 3 N–H and O–H groups in total. The van der Waals surface area contributed by atoms with Gasteiger partial charge in [0.25, 0.3) is 5.91 Å². The van der Waals surface area contributed by atoms with Crippen LogP contribution in [0.4, 0.5) is 11.4 Å². The summed E-state index contributed by atoms with van der Waals surface area (Å²) in [6, 6.07) is 6.86. The molecule has 1 fully saturated rings. The summed E-state index contributed by atoms with van der Waals surface area (Å²) in [7, 11) is 0. The van der Waals surface area contributed by atoms with Crippen molar-refractivity contribution in [2.24, 2.45) is 0 Å². The second kappa shape index (κ2) is 6.98. The molecule has 126 valence electrons. The van der Waals surface area contributed by atoms with E-state index in [2.05, 4.69) is 41.7 Å². The summed E-state index contributed by atoms with van der Waals surface area (Å²) in [6.07, 6.45) is 1.70. The summed E-state index contributed by atoms with van der Waals surface area (Å²) in [5.41, 5.74) is 7.81. The molecule has 8 heteroatoms. The van der Waals surface area contributed by atoms with Crippen LogP contribution in [0.1, 0.15) is 10.4 Å². The summed E-state index contributed by atoms with van der Waals surface area (Å²) in [5.74, 6) is -0.0735. The van der Waals surface area contributed by atoms with Gasteiger partial charge in [0.05, 0.1) is 16.9 Å². The first-order valence-corrected chi connectivity index (χ1v) is 9.02. The van der Waals surface area contributed by atoms with Crippen LogP contribution < -0.4 is 16.2 Å². The largest absolute Gasteiger partial charge is 0.397 e. The van der Waals surface area contributed by atoms with E-state index in [0.717, 1.165) is 10.2 Å². The third kappa shape index (κ3) is 3.49. The third-order valence-electron chi connectivity index (χ3n) is 4.02. The predicted molar refractivity (Wildman–Crippen MR) is 101 cm³/mol. The highest BCUT2D eigenvalue weighted by molar-refractivity contribution is 9.11. The zero-order chi connectivity index (χ0) is 17.3. The number of rotatable bonds is 2. The highest BCUT2D eigenvalue weighted by Gasteiger charge is 2.24. The average molecular weight is 456 g/mol. The van der Waals surface area contributed by atoms with Crippen LogP contribution in [0.25, 0.3) is 0 Å². The van der Waals surface area contributed by atoms with Crippen molar-refractivity contribution in [3.05, 3.63) is 55.3 Å². The number of carbonyl (C=O) groups excluding carboxylic acids is 1. The molecule has 2 heterocycles. The van der Waals surface area contributed by atoms with Gasteiger partial charge in [-0.25, -0.2) is 0 Å². The predicted octanol–water partition coefficient (Wildman–Crippen LogP) is 2.44. The molecule has 1 amide bonds. The molecule has 0 radical (unpaired) electrons. The number of amides is 1. The van der Waals surface area contributed by atoms with Crippen molar-refractivity contribution in [2.75, 3.05) is 36.8 Å². The van der Waals surface area contributed by atoms with E-state index < -0.39 is 0 Å². The molecular weight excluding hydrogens is 440 g/mol. The number of hydrogen-bond acceptors (Lipinski definition) is 4. The maximum atomic E-state index is 12.8. The second-order valence-corrected chi connectivity index (χ2v) is 7.31. The fourth-order valence-corrected chi connectivity index (χ4v) is 3.92.